The normalized spacial score (nSPS) is 17.3. The molecule has 7 heteroatoms. The molecule has 0 atom stereocenters. The van der Waals surface area contributed by atoms with Crippen LogP contribution >= 0.6 is 23.6 Å². The van der Waals surface area contributed by atoms with Crippen LogP contribution in [0.4, 0.5) is 5.00 Å². The van der Waals surface area contributed by atoms with Crippen LogP contribution in [-0.2, 0) is 24.1 Å². The molecule has 0 amide bonds. The number of hydrogen-bond acceptors (Lipinski definition) is 5. The number of carbonyl (C=O) groups excluding carboxylic acids is 1. The van der Waals surface area contributed by atoms with Crippen LogP contribution in [0.3, 0.4) is 0 Å². The molecule has 1 aromatic carbocycles. The number of nitrogens with zero attached hydrogens (tertiary/aromatic N) is 1. The minimum absolute atomic E-state index is 0.230. The molecule has 0 unspecified atom stereocenters. The zero-order chi connectivity index (χ0) is 22.3. The molecule has 1 fully saturated rings. The summed E-state index contributed by atoms with van der Waals surface area (Å²) in [6.07, 6.45) is 7.62. The number of benzene rings is 1. The predicted molar refractivity (Wildman–Crippen MR) is 136 cm³/mol. The summed E-state index contributed by atoms with van der Waals surface area (Å²) in [6, 6.07) is 11.0. The Balaban J connectivity index is 1.34. The van der Waals surface area contributed by atoms with Crippen LogP contribution in [0.1, 0.15) is 65.4 Å². The largest absolute Gasteiger partial charge is 0.462 e. The molecule has 0 spiro atoms. The molecule has 0 saturated carbocycles. The lowest BCUT2D eigenvalue weighted by Gasteiger charge is -2.33. The summed E-state index contributed by atoms with van der Waals surface area (Å²) in [7, 11) is 0. The van der Waals surface area contributed by atoms with Crippen LogP contribution in [0.2, 0.25) is 0 Å². The third kappa shape index (κ3) is 5.88. The summed E-state index contributed by atoms with van der Waals surface area (Å²) in [5.74, 6) is -0.230. The van der Waals surface area contributed by atoms with Crippen LogP contribution < -0.4 is 10.6 Å². The average Bonchev–Trinajstić information content (AvgIpc) is 2.96. The van der Waals surface area contributed by atoms with E-state index in [9.17, 15) is 4.79 Å². The van der Waals surface area contributed by atoms with Gasteiger partial charge in [0.2, 0.25) is 0 Å². The van der Waals surface area contributed by atoms with Gasteiger partial charge in [0, 0.05) is 30.6 Å². The van der Waals surface area contributed by atoms with Gasteiger partial charge >= 0.3 is 5.97 Å². The van der Waals surface area contributed by atoms with E-state index in [-0.39, 0.29) is 5.97 Å². The van der Waals surface area contributed by atoms with Crippen LogP contribution in [0, 0.1) is 0 Å². The number of fused-ring (bicyclic) bond motifs is 1. The number of esters is 1. The molecule has 5 nitrogen and oxygen atoms in total. The van der Waals surface area contributed by atoms with Gasteiger partial charge in [0.25, 0.3) is 0 Å². The van der Waals surface area contributed by atoms with Crippen molar-refractivity contribution in [2.24, 2.45) is 0 Å². The van der Waals surface area contributed by atoms with Crippen LogP contribution in [0.15, 0.2) is 30.3 Å². The van der Waals surface area contributed by atoms with E-state index in [0.717, 1.165) is 56.7 Å². The number of thiophene rings is 1. The zero-order valence-electron chi connectivity index (χ0n) is 18.8. The van der Waals surface area contributed by atoms with Crippen molar-refractivity contribution in [1.29, 1.82) is 0 Å². The number of aryl methyl sites for hydroxylation is 1. The number of hydrogen-bond donors (Lipinski definition) is 2. The van der Waals surface area contributed by atoms with E-state index in [1.807, 2.05) is 6.92 Å². The molecule has 32 heavy (non-hydrogen) atoms. The molecule has 0 radical (unpaired) electrons. The topological polar surface area (TPSA) is 53.6 Å². The smallest absolute Gasteiger partial charge is 0.341 e. The summed E-state index contributed by atoms with van der Waals surface area (Å²) in [6.45, 7) is 5.34. The summed E-state index contributed by atoms with van der Waals surface area (Å²) in [5, 5.41) is 8.29. The van der Waals surface area contributed by atoms with Gasteiger partial charge in [0.05, 0.1) is 12.2 Å². The van der Waals surface area contributed by atoms with Crippen LogP contribution in [-0.4, -0.2) is 41.7 Å². The molecule has 2 aromatic rings. The lowest BCUT2D eigenvalue weighted by Crippen LogP contribution is -2.45. The van der Waals surface area contributed by atoms with Crippen molar-refractivity contribution in [2.75, 3.05) is 25.0 Å². The SMILES string of the molecule is CCOC(=O)c1c(NC(=S)NC2CCN(Cc3ccccc3)CC2)sc2c1CCCCC2. The maximum absolute atomic E-state index is 12.7. The minimum atomic E-state index is -0.230. The predicted octanol–water partition coefficient (Wildman–Crippen LogP) is 5.14. The monoisotopic (exact) mass is 471 g/mol. The Morgan fingerprint density at radius 2 is 1.91 bits per heavy atom. The number of piperidine rings is 1. The van der Waals surface area contributed by atoms with E-state index in [1.165, 1.54) is 28.8 Å². The number of thiocarbonyl (C=S) groups is 1. The molecular formula is C25H33N3O2S2. The maximum atomic E-state index is 12.7. The highest BCUT2D eigenvalue weighted by atomic mass is 32.1. The Labute approximate surface area is 200 Å². The number of carbonyl (C=O) groups is 1. The van der Waals surface area contributed by atoms with Gasteiger partial charge in [0.1, 0.15) is 5.00 Å². The Hall–Kier alpha value is -1.96. The first-order valence-corrected chi connectivity index (χ1v) is 13.0. The van der Waals surface area contributed by atoms with Crippen molar-refractivity contribution >= 4 is 39.6 Å². The van der Waals surface area contributed by atoms with E-state index in [0.29, 0.717) is 23.3 Å². The molecule has 172 valence electrons. The van der Waals surface area contributed by atoms with Gasteiger partial charge in [-0.25, -0.2) is 4.79 Å². The molecule has 2 aliphatic rings. The quantitative estimate of drug-likeness (QED) is 0.345. The first kappa shape index (κ1) is 23.2. The van der Waals surface area contributed by atoms with Gasteiger partial charge in [-0.3, -0.25) is 4.90 Å². The van der Waals surface area contributed by atoms with E-state index >= 15 is 0 Å². The number of ether oxygens (including phenoxy) is 1. The second kappa shape index (κ2) is 11.3. The first-order valence-electron chi connectivity index (χ1n) is 11.8. The Morgan fingerprint density at radius 3 is 2.66 bits per heavy atom. The van der Waals surface area contributed by atoms with Gasteiger partial charge in [-0.15, -0.1) is 11.3 Å². The van der Waals surface area contributed by atoms with Gasteiger partial charge in [-0.2, -0.15) is 0 Å². The van der Waals surface area contributed by atoms with Crippen LogP contribution in [0.5, 0.6) is 0 Å². The third-order valence-corrected chi connectivity index (χ3v) is 7.73. The number of anilines is 1. The van der Waals surface area contributed by atoms with E-state index < -0.39 is 0 Å². The number of nitrogens with one attached hydrogen (secondary N) is 2. The lowest BCUT2D eigenvalue weighted by atomic mass is 10.0. The lowest BCUT2D eigenvalue weighted by molar-refractivity contribution is 0.0527. The Bertz CT molecular complexity index is 921. The highest BCUT2D eigenvalue weighted by Crippen LogP contribution is 2.38. The standard InChI is InChI=1S/C25H33N3O2S2/c1-2-30-24(29)22-20-11-7-4-8-12-21(20)32-23(22)27-25(31)26-19-13-15-28(16-14-19)17-18-9-5-3-6-10-18/h3,5-6,9-10,19H,2,4,7-8,11-17H2,1H3,(H2,26,27,31). The van der Waals surface area contributed by atoms with Gasteiger partial charge in [0.15, 0.2) is 5.11 Å². The van der Waals surface area contributed by atoms with Gasteiger partial charge in [-0.1, -0.05) is 36.8 Å². The summed E-state index contributed by atoms with van der Waals surface area (Å²) < 4.78 is 5.38. The average molecular weight is 472 g/mol. The van der Waals surface area contributed by atoms with E-state index in [2.05, 4.69) is 45.9 Å². The third-order valence-electron chi connectivity index (χ3n) is 6.30. The molecule has 1 aliphatic heterocycles. The first-order chi connectivity index (χ1) is 15.6. The highest BCUT2D eigenvalue weighted by Gasteiger charge is 2.27. The summed E-state index contributed by atoms with van der Waals surface area (Å²) in [4.78, 5) is 16.6. The van der Waals surface area contributed by atoms with E-state index in [4.69, 9.17) is 17.0 Å². The Morgan fingerprint density at radius 1 is 1.16 bits per heavy atom. The Kier molecular flexibility index (Phi) is 8.16. The molecular weight excluding hydrogens is 438 g/mol. The van der Waals surface area contributed by atoms with Gasteiger partial charge < -0.3 is 15.4 Å². The molecule has 2 heterocycles. The molecule has 1 aromatic heterocycles. The fourth-order valence-electron chi connectivity index (χ4n) is 4.65. The number of rotatable bonds is 6. The van der Waals surface area contributed by atoms with Crippen molar-refractivity contribution in [2.45, 2.75) is 64.5 Å². The molecule has 4 rings (SSSR count). The van der Waals surface area contributed by atoms with Gasteiger partial charge in [-0.05, 0) is 68.8 Å². The summed E-state index contributed by atoms with van der Waals surface area (Å²) in [5.41, 5.74) is 3.24. The molecule has 0 bridgehead atoms. The zero-order valence-corrected chi connectivity index (χ0v) is 20.5. The fraction of sp³-hybridized carbons (Fsp3) is 0.520. The van der Waals surface area contributed by atoms with Crippen molar-refractivity contribution in [3.63, 3.8) is 0 Å². The second-order valence-corrected chi connectivity index (χ2v) is 10.1. The van der Waals surface area contributed by atoms with Crippen molar-refractivity contribution < 1.29 is 9.53 Å². The van der Waals surface area contributed by atoms with Crippen molar-refractivity contribution in [3.05, 3.63) is 51.9 Å². The maximum Gasteiger partial charge on any atom is 0.341 e. The van der Waals surface area contributed by atoms with E-state index in [1.54, 1.807) is 11.3 Å². The molecule has 2 N–H and O–H groups in total. The minimum Gasteiger partial charge on any atom is -0.462 e. The van der Waals surface area contributed by atoms with Crippen molar-refractivity contribution in [1.82, 2.24) is 10.2 Å². The molecule has 1 saturated heterocycles. The van der Waals surface area contributed by atoms with Crippen LogP contribution in [0.25, 0.3) is 0 Å². The second-order valence-electron chi connectivity index (χ2n) is 8.62. The fourth-order valence-corrected chi connectivity index (χ4v) is 6.27. The number of likely N-dealkylation sites (tertiary alicyclic amines) is 1. The summed E-state index contributed by atoms with van der Waals surface area (Å²) >= 11 is 7.32. The highest BCUT2D eigenvalue weighted by molar-refractivity contribution is 7.80. The van der Waals surface area contributed by atoms with Crippen molar-refractivity contribution in [3.8, 4) is 0 Å². The molecule has 1 aliphatic carbocycles.